The summed E-state index contributed by atoms with van der Waals surface area (Å²) in [6, 6.07) is 19.9. The van der Waals surface area contributed by atoms with Crippen molar-refractivity contribution < 1.29 is 0 Å². The van der Waals surface area contributed by atoms with Crippen LogP contribution in [0.4, 0.5) is 0 Å². The quantitative estimate of drug-likeness (QED) is 0.722. The van der Waals surface area contributed by atoms with E-state index < -0.39 is 0 Å². The fourth-order valence-corrected chi connectivity index (χ4v) is 5.15. The first-order chi connectivity index (χ1) is 10.6. The highest BCUT2D eigenvalue weighted by Crippen LogP contribution is 2.51. The third-order valence-corrected chi connectivity index (χ3v) is 6.39. The highest BCUT2D eigenvalue weighted by molar-refractivity contribution is 7.99. The van der Waals surface area contributed by atoms with Crippen LogP contribution in [0.5, 0.6) is 0 Å². The van der Waals surface area contributed by atoms with Crippen molar-refractivity contribution in [2.75, 3.05) is 14.1 Å². The van der Waals surface area contributed by atoms with Gasteiger partial charge in [-0.3, -0.25) is 0 Å². The van der Waals surface area contributed by atoms with Crippen molar-refractivity contribution in [2.24, 2.45) is 0 Å². The lowest BCUT2D eigenvalue weighted by molar-refractivity contribution is 0.260. The van der Waals surface area contributed by atoms with Gasteiger partial charge in [0, 0.05) is 21.6 Å². The van der Waals surface area contributed by atoms with Crippen molar-refractivity contribution in [3.8, 4) is 0 Å². The number of hydrogen-bond donors (Lipinski definition) is 0. The Morgan fingerprint density at radius 2 is 1.59 bits per heavy atom. The Morgan fingerprint density at radius 3 is 2.23 bits per heavy atom. The maximum Gasteiger partial charge on any atom is 0.0458 e. The Balaban J connectivity index is 1.86. The van der Waals surface area contributed by atoms with Crippen LogP contribution in [0.15, 0.2) is 54.6 Å². The maximum atomic E-state index is 6.06. The van der Waals surface area contributed by atoms with E-state index in [1.807, 2.05) is 12.1 Å². The number of hydrogen-bond acceptors (Lipinski definition) is 2. The molecular formula is C19H22ClNS. The molecule has 1 aliphatic rings. The van der Waals surface area contributed by atoms with Crippen LogP contribution in [0, 0.1) is 0 Å². The summed E-state index contributed by atoms with van der Waals surface area (Å²) in [6.07, 6.45) is 2.47. The van der Waals surface area contributed by atoms with Crippen LogP contribution < -0.4 is 0 Å². The molecular weight excluding hydrogens is 310 g/mol. The molecule has 2 aromatic rings. The summed E-state index contributed by atoms with van der Waals surface area (Å²) in [6.45, 7) is 0. The molecule has 3 heteroatoms. The summed E-state index contributed by atoms with van der Waals surface area (Å²) in [5, 5.41) is 1.88. The van der Waals surface area contributed by atoms with E-state index in [9.17, 15) is 0 Å². The molecule has 0 bridgehead atoms. The van der Waals surface area contributed by atoms with Crippen molar-refractivity contribution in [2.45, 2.75) is 29.4 Å². The van der Waals surface area contributed by atoms with Gasteiger partial charge in [-0.05, 0) is 50.2 Å². The monoisotopic (exact) mass is 331 g/mol. The zero-order valence-electron chi connectivity index (χ0n) is 13.1. The van der Waals surface area contributed by atoms with Crippen LogP contribution in [0.2, 0.25) is 5.02 Å². The molecule has 0 radical (unpaired) electrons. The third kappa shape index (κ3) is 3.51. The van der Waals surface area contributed by atoms with E-state index in [0.717, 1.165) is 5.02 Å². The van der Waals surface area contributed by atoms with Crippen molar-refractivity contribution >= 4 is 23.4 Å². The van der Waals surface area contributed by atoms with Crippen LogP contribution in [0.3, 0.4) is 0 Å². The second-order valence-corrected chi connectivity index (χ2v) is 7.90. The molecule has 3 atom stereocenters. The first-order valence-corrected chi connectivity index (χ1v) is 9.09. The van der Waals surface area contributed by atoms with Gasteiger partial charge in [0.2, 0.25) is 0 Å². The molecule has 3 rings (SSSR count). The van der Waals surface area contributed by atoms with Crippen molar-refractivity contribution in [1.82, 2.24) is 4.90 Å². The number of nitrogens with zero attached hydrogens (tertiary/aromatic N) is 1. The van der Waals surface area contributed by atoms with Gasteiger partial charge in [0.15, 0.2) is 0 Å². The Bertz CT molecular complexity index is 597. The van der Waals surface area contributed by atoms with Crippen molar-refractivity contribution in [3.63, 3.8) is 0 Å². The van der Waals surface area contributed by atoms with E-state index in [1.54, 1.807) is 0 Å². The molecule has 0 saturated carbocycles. The second kappa shape index (κ2) is 7.08. The normalized spacial score (nSPS) is 25.4. The van der Waals surface area contributed by atoms with Crippen LogP contribution in [0.1, 0.15) is 34.5 Å². The van der Waals surface area contributed by atoms with Gasteiger partial charge in [0.1, 0.15) is 0 Å². The number of halogens is 1. The van der Waals surface area contributed by atoms with Gasteiger partial charge in [0.25, 0.3) is 0 Å². The average Bonchev–Trinajstić information content (AvgIpc) is 2.56. The molecule has 0 aromatic heterocycles. The van der Waals surface area contributed by atoms with Gasteiger partial charge in [-0.2, -0.15) is 0 Å². The summed E-state index contributed by atoms with van der Waals surface area (Å²) >= 11 is 8.15. The van der Waals surface area contributed by atoms with Gasteiger partial charge in [-0.25, -0.2) is 0 Å². The fourth-order valence-electron chi connectivity index (χ4n) is 3.20. The van der Waals surface area contributed by atoms with Gasteiger partial charge in [0.05, 0.1) is 0 Å². The van der Waals surface area contributed by atoms with Gasteiger partial charge >= 0.3 is 0 Å². The summed E-state index contributed by atoms with van der Waals surface area (Å²) in [5.41, 5.74) is 2.83. The molecule has 116 valence electrons. The van der Waals surface area contributed by atoms with Crippen LogP contribution in [-0.2, 0) is 0 Å². The number of benzene rings is 2. The Morgan fingerprint density at radius 1 is 0.909 bits per heavy atom. The predicted octanol–water partition coefficient (Wildman–Crippen LogP) is 5.58. The van der Waals surface area contributed by atoms with Crippen molar-refractivity contribution in [1.29, 1.82) is 0 Å². The molecule has 1 saturated heterocycles. The van der Waals surface area contributed by atoms with Crippen LogP contribution in [0.25, 0.3) is 0 Å². The standard InChI is InChI=1S/C19H22ClNS/c1-21(2)17-12-13-18(14-6-4-3-5-7-14)22-19(17)15-8-10-16(20)11-9-15/h3-11,17-19H,12-13H2,1-2H3. The highest BCUT2D eigenvalue weighted by Gasteiger charge is 2.33. The molecule has 0 amide bonds. The molecule has 2 aromatic carbocycles. The minimum atomic E-state index is 0.492. The van der Waals surface area contributed by atoms with Crippen LogP contribution in [-0.4, -0.2) is 25.0 Å². The highest BCUT2D eigenvalue weighted by atomic mass is 35.5. The lowest BCUT2D eigenvalue weighted by atomic mass is 9.96. The van der Waals surface area contributed by atoms with E-state index in [0.29, 0.717) is 16.5 Å². The topological polar surface area (TPSA) is 3.24 Å². The van der Waals surface area contributed by atoms with Crippen molar-refractivity contribution in [3.05, 3.63) is 70.7 Å². The SMILES string of the molecule is CN(C)C1CCC(c2ccccc2)SC1c1ccc(Cl)cc1. The zero-order valence-corrected chi connectivity index (χ0v) is 14.6. The minimum absolute atomic E-state index is 0.492. The molecule has 1 heterocycles. The predicted molar refractivity (Wildman–Crippen MR) is 97.7 cm³/mol. The number of thioether (sulfide) groups is 1. The molecule has 1 nitrogen and oxygen atoms in total. The number of rotatable bonds is 3. The largest absolute Gasteiger partial charge is 0.305 e. The number of likely N-dealkylation sites (N-methyl/N-ethyl adjacent to an activating group) is 1. The molecule has 0 spiro atoms. The Labute approximate surface area is 142 Å². The van der Waals surface area contributed by atoms with E-state index >= 15 is 0 Å². The Hall–Kier alpha value is -0.960. The second-order valence-electron chi connectivity index (χ2n) is 6.12. The lowest BCUT2D eigenvalue weighted by Crippen LogP contribution is -2.35. The summed E-state index contributed by atoms with van der Waals surface area (Å²) < 4.78 is 0. The molecule has 0 N–H and O–H groups in total. The summed E-state index contributed by atoms with van der Waals surface area (Å²) in [7, 11) is 4.38. The summed E-state index contributed by atoms with van der Waals surface area (Å²) in [4.78, 5) is 2.37. The van der Waals surface area contributed by atoms with E-state index in [4.69, 9.17) is 11.6 Å². The first-order valence-electron chi connectivity index (χ1n) is 7.77. The van der Waals surface area contributed by atoms with E-state index in [2.05, 4.69) is 73.2 Å². The summed E-state index contributed by atoms with van der Waals surface area (Å²) in [5.74, 6) is 0. The molecule has 22 heavy (non-hydrogen) atoms. The lowest BCUT2D eigenvalue weighted by Gasteiger charge is -2.39. The fraction of sp³-hybridized carbons (Fsp3) is 0.368. The molecule has 3 unspecified atom stereocenters. The zero-order chi connectivity index (χ0) is 15.5. The average molecular weight is 332 g/mol. The molecule has 0 aliphatic carbocycles. The van der Waals surface area contributed by atoms with Gasteiger partial charge in [-0.15, -0.1) is 11.8 Å². The first kappa shape index (κ1) is 15.9. The van der Waals surface area contributed by atoms with Gasteiger partial charge in [-0.1, -0.05) is 54.1 Å². The smallest absolute Gasteiger partial charge is 0.0458 e. The van der Waals surface area contributed by atoms with Crippen LogP contribution >= 0.6 is 23.4 Å². The third-order valence-electron chi connectivity index (χ3n) is 4.42. The van der Waals surface area contributed by atoms with E-state index in [1.165, 1.54) is 24.0 Å². The van der Waals surface area contributed by atoms with Gasteiger partial charge < -0.3 is 4.90 Å². The molecule has 1 fully saturated rings. The molecule has 1 aliphatic heterocycles. The van der Waals surface area contributed by atoms with E-state index in [-0.39, 0.29) is 0 Å². The maximum absolute atomic E-state index is 6.06. The Kier molecular flexibility index (Phi) is 5.12. The minimum Gasteiger partial charge on any atom is -0.305 e.